The lowest BCUT2D eigenvalue weighted by atomic mass is 10.1. The summed E-state index contributed by atoms with van der Waals surface area (Å²) in [6.07, 6.45) is 3.19. The number of aryl methyl sites for hydroxylation is 3. The molecule has 0 amide bonds. The molecule has 0 aliphatic rings. The molecule has 2 nitrogen and oxygen atoms in total. The lowest BCUT2D eigenvalue weighted by molar-refractivity contribution is 0.722. The van der Waals surface area contributed by atoms with Crippen molar-refractivity contribution >= 4 is 16.6 Å². The number of nitrogen functional groups attached to an aromatic ring is 1. The third kappa shape index (κ3) is 2.22. The Labute approximate surface area is 113 Å². The van der Waals surface area contributed by atoms with Crippen LogP contribution in [0.3, 0.4) is 0 Å². The van der Waals surface area contributed by atoms with E-state index in [1.807, 2.05) is 18.2 Å². The molecule has 1 aromatic heterocycles. The van der Waals surface area contributed by atoms with Gasteiger partial charge in [0.1, 0.15) is 0 Å². The Bertz CT molecular complexity index is 710. The van der Waals surface area contributed by atoms with Crippen molar-refractivity contribution < 1.29 is 0 Å². The maximum atomic E-state index is 5.99. The number of hydrogen-bond acceptors (Lipinski definition) is 1. The van der Waals surface area contributed by atoms with Crippen LogP contribution in [0.5, 0.6) is 0 Å². The van der Waals surface area contributed by atoms with Crippen LogP contribution >= 0.6 is 0 Å². The standard InChI is InChI=1S/C17H18N2/c1-13-12-19(17-9-5-3-7-15(13)17)11-10-14-6-2-4-8-16(14)18/h2-9,12H,10-11,18H2,1H3. The summed E-state index contributed by atoms with van der Waals surface area (Å²) in [5.41, 5.74) is 10.7. The van der Waals surface area contributed by atoms with E-state index in [0.717, 1.165) is 18.7 Å². The van der Waals surface area contributed by atoms with Crippen molar-refractivity contribution in [2.45, 2.75) is 19.9 Å². The third-order valence-electron chi connectivity index (χ3n) is 3.66. The quantitative estimate of drug-likeness (QED) is 0.705. The number of hydrogen-bond donors (Lipinski definition) is 1. The molecule has 0 saturated carbocycles. The van der Waals surface area contributed by atoms with Crippen LogP contribution in [0, 0.1) is 6.92 Å². The lowest BCUT2D eigenvalue weighted by Gasteiger charge is -2.07. The van der Waals surface area contributed by atoms with Crippen LogP contribution in [-0.2, 0) is 13.0 Å². The molecule has 0 saturated heterocycles. The minimum Gasteiger partial charge on any atom is -0.399 e. The van der Waals surface area contributed by atoms with Crippen molar-refractivity contribution in [1.29, 1.82) is 0 Å². The van der Waals surface area contributed by atoms with Gasteiger partial charge in [-0.15, -0.1) is 0 Å². The Balaban J connectivity index is 1.88. The van der Waals surface area contributed by atoms with Crippen LogP contribution in [-0.4, -0.2) is 4.57 Å². The molecular formula is C17H18N2. The summed E-state index contributed by atoms with van der Waals surface area (Å²) in [5.74, 6) is 0. The van der Waals surface area contributed by atoms with Gasteiger partial charge in [-0.1, -0.05) is 36.4 Å². The molecule has 3 rings (SSSR count). The monoisotopic (exact) mass is 250 g/mol. The SMILES string of the molecule is Cc1cn(CCc2ccccc2N)c2ccccc12. The Kier molecular flexibility index (Phi) is 3.00. The fourth-order valence-electron chi connectivity index (χ4n) is 2.62. The molecule has 2 heteroatoms. The number of para-hydroxylation sites is 2. The molecule has 96 valence electrons. The molecule has 0 atom stereocenters. The van der Waals surface area contributed by atoms with Gasteiger partial charge in [-0.2, -0.15) is 0 Å². The highest BCUT2D eigenvalue weighted by atomic mass is 15.0. The van der Waals surface area contributed by atoms with Gasteiger partial charge in [0, 0.05) is 29.3 Å². The molecule has 0 bridgehead atoms. The van der Waals surface area contributed by atoms with Gasteiger partial charge in [-0.3, -0.25) is 0 Å². The highest BCUT2D eigenvalue weighted by Crippen LogP contribution is 2.21. The van der Waals surface area contributed by atoms with Crippen LogP contribution in [0.2, 0.25) is 0 Å². The number of fused-ring (bicyclic) bond motifs is 1. The Morgan fingerprint density at radius 3 is 2.58 bits per heavy atom. The first-order valence-corrected chi connectivity index (χ1v) is 6.63. The Hall–Kier alpha value is -2.22. The maximum Gasteiger partial charge on any atom is 0.0483 e. The topological polar surface area (TPSA) is 30.9 Å². The summed E-state index contributed by atoms with van der Waals surface area (Å²) in [5, 5.41) is 1.34. The number of aromatic nitrogens is 1. The summed E-state index contributed by atoms with van der Waals surface area (Å²) in [6.45, 7) is 3.12. The molecule has 0 radical (unpaired) electrons. The normalized spacial score (nSPS) is 11.0. The van der Waals surface area contributed by atoms with Crippen molar-refractivity contribution in [2.24, 2.45) is 0 Å². The van der Waals surface area contributed by atoms with E-state index in [-0.39, 0.29) is 0 Å². The van der Waals surface area contributed by atoms with Gasteiger partial charge in [-0.25, -0.2) is 0 Å². The summed E-state index contributed by atoms with van der Waals surface area (Å²) < 4.78 is 2.32. The number of anilines is 1. The minimum atomic E-state index is 0.885. The zero-order valence-corrected chi connectivity index (χ0v) is 11.1. The molecule has 0 aliphatic carbocycles. The van der Waals surface area contributed by atoms with Gasteiger partial charge in [-0.05, 0) is 36.6 Å². The van der Waals surface area contributed by atoms with Crippen LogP contribution < -0.4 is 5.73 Å². The lowest BCUT2D eigenvalue weighted by Crippen LogP contribution is -2.02. The Morgan fingerprint density at radius 1 is 1.00 bits per heavy atom. The second-order valence-electron chi connectivity index (χ2n) is 4.97. The predicted molar refractivity (Wildman–Crippen MR) is 81.2 cm³/mol. The fraction of sp³-hybridized carbons (Fsp3) is 0.176. The average Bonchev–Trinajstić information content (AvgIpc) is 2.75. The summed E-state index contributed by atoms with van der Waals surface area (Å²) in [6, 6.07) is 16.6. The van der Waals surface area contributed by atoms with Gasteiger partial charge >= 0.3 is 0 Å². The van der Waals surface area contributed by atoms with Gasteiger partial charge in [0.25, 0.3) is 0 Å². The molecule has 3 aromatic rings. The molecule has 0 spiro atoms. The summed E-state index contributed by atoms with van der Waals surface area (Å²) in [4.78, 5) is 0. The third-order valence-corrected chi connectivity index (χ3v) is 3.66. The highest BCUT2D eigenvalue weighted by Gasteiger charge is 2.05. The molecular weight excluding hydrogens is 232 g/mol. The van der Waals surface area contributed by atoms with Crippen molar-refractivity contribution in [1.82, 2.24) is 4.57 Å². The molecule has 19 heavy (non-hydrogen) atoms. The van der Waals surface area contributed by atoms with Crippen LogP contribution in [0.15, 0.2) is 54.7 Å². The van der Waals surface area contributed by atoms with Gasteiger partial charge in [0.15, 0.2) is 0 Å². The van der Waals surface area contributed by atoms with E-state index in [9.17, 15) is 0 Å². The van der Waals surface area contributed by atoms with E-state index in [1.54, 1.807) is 0 Å². The molecule has 2 N–H and O–H groups in total. The number of nitrogens with two attached hydrogens (primary N) is 1. The zero-order chi connectivity index (χ0) is 13.2. The van der Waals surface area contributed by atoms with Gasteiger partial charge in [0.2, 0.25) is 0 Å². The number of nitrogens with zero attached hydrogens (tertiary/aromatic N) is 1. The second-order valence-corrected chi connectivity index (χ2v) is 4.97. The minimum absolute atomic E-state index is 0.885. The first-order valence-electron chi connectivity index (χ1n) is 6.63. The maximum absolute atomic E-state index is 5.99. The van der Waals surface area contributed by atoms with Crippen molar-refractivity contribution in [3.05, 3.63) is 65.9 Å². The first-order chi connectivity index (χ1) is 9.25. The van der Waals surface area contributed by atoms with E-state index in [0.29, 0.717) is 0 Å². The van der Waals surface area contributed by atoms with E-state index in [1.165, 1.54) is 22.0 Å². The van der Waals surface area contributed by atoms with Crippen LogP contribution in [0.25, 0.3) is 10.9 Å². The molecule has 2 aromatic carbocycles. The predicted octanol–water partition coefficient (Wildman–Crippen LogP) is 3.77. The summed E-state index contributed by atoms with van der Waals surface area (Å²) >= 11 is 0. The highest BCUT2D eigenvalue weighted by molar-refractivity contribution is 5.83. The number of rotatable bonds is 3. The first kappa shape index (κ1) is 11.8. The van der Waals surface area contributed by atoms with Crippen molar-refractivity contribution in [3.63, 3.8) is 0 Å². The smallest absolute Gasteiger partial charge is 0.0483 e. The van der Waals surface area contributed by atoms with Crippen molar-refractivity contribution in [2.75, 3.05) is 5.73 Å². The molecule has 0 aliphatic heterocycles. The average molecular weight is 250 g/mol. The van der Waals surface area contributed by atoms with Crippen molar-refractivity contribution in [3.8, 4) is 0 Å². The van der Waals surface area contributed by atoms with Crippen LogP contribution in [0.4, 0.5) is 5.69 Å². The Morgan fingerprint density at radius 2 is 1.74 bits per heavy atom. The van der Waals surface area contributed by atoms with E-state index < -0.39 is 0 Å². The summed E-state index contributed by atoms with van der Waals surface area (Å²) in [7, 11) is 0. The molecule has 0 unspecified atom stereocenters. The van der Waals surface area contributed by atoms with Crippen LogP contribution in [0.1, 0.15) is 11.1 Å². The largest absolute Gasteiger partial charge is 0.399 e. The molecule has 0 fully saturated rings. The van der Waals surface area contributed by atoms with Gasteiger partial charge in [0.05, 0.1) is 0 Å². The second kappa shape index (κ2) is 4.81. The van der Waals surface area contributed by atoms with E-state index in [2.05, 4.69) is 48.0 Å². The fourth-order valence-corrected chi connectivity index (χ4v) is 2.62. The van der Waals surface area contributed by atoms with E-state index >= 15 is 0 Å². The molecule has 1 heterocycles. The van der Waals surface area contributed by atoms with E-state index in [4.69, 9.17) is 5.73 Å². The van der Waals surface area contributed by atoms with Gasteiger partial charge < -0.3 is 10.3 Å². The zero-order valence-electron chi connectivity index (χ0n) is 11.1. The number of benzene rings is 2.